The lowest BCUT2D eigenvalue weighted by Gasteiger charge is -2.35. The van der Waals surface area contributed by atoms with Crippen molar-refractivity contribution in [1.82, 2.24) is 10.0 Å². The zero-order chi connectivity index (χ0) is 14.0. The second-order valence-electron chi connectivity index (χ2n) is 4.87. The van der Waals surface area contributed by atoms with E-state index in [0.29, 0.717) is 5.57 Å². The first kappa shape index (κ1) is 17.2. The van der Waals surface area contributed by atoms with E-state index in [2.05, 4.69) is 32.4 Å². The third-order valence-corrected chi connectivity index (χ3v) is 2.92. The summed E-state index contributed by atoms with van der Waals surface area (Å²) in [6.07, 6.45) is 5.56. The van der Waals surface area contributed by atoms with Crippen molar-refractivity contribution in [2.75, 3.05) is 19.6 Å². The van der Waals surface area contributed by atoms with Crippen LogP contribution in [0.4, 0.5) is 0 Å². The highest BCUT2D eigenvalue weighted by Crippen LogP contribution is 2.09. The highest BCUT2D eigenvalue weighted by atomic mass is 16.2. The Morgan fingerprint density at radius 1 is 0.944 bits per heavy atom. The fourth-order valence-electron chi connectivity index (χ4n) is 1.84. The van der Waals surface area contributed by atoms with Gasteiger partial charge in [0.15, 0.2) is 0 Å². The summed E-state index contributed by atoms with van der Waals surface area (Å²) < 4.78 is 0. The van der Waals surface area contributed by atoms with Gasteiger partial charge in [-0.2, -0.15) is 0 Å². The third kappa shape index (κ3) is 6.20. The van der Waals surface area contributed by atoms with Crippen LogP contribution in [0.3, 0.4) is 0 Å². The van der Waals surface area contributed by atoms with Gasteiger partial charge in [0, 0.05) is 25.2 Å². The fourth-order valence-corrected chi connectivity index (χ4v) is 1.84. The lowest BCUT2D eigenvalue weighted by molar-refractivity contribution is -0.145. The molecule has 0 aliphatic heterocycles. The van der Waals surface area contributed by atoms with Crippen molar-refractivity contribution < 1.29 is 4.79 Å². The first-order valence-electron chi connectivity index (χ1n) is 7.30. The van der Waals surface area contributed by atoms with E-state index < -0.39 is 0 Å². The minimum Gasteiger partial charge on any atom is -0.272 e. The van der Waals surface area contributed by atoms with Crippen LogP contribution in [-0.4, -0.2) is 35.6 Å². The van der Waals surface area contributed by atoms with Crippen molar-refractivity contribution in [2.24, 2.45) is 0 Å². The molecule has 0 saturated carbocycles. The molecule has 0 spiro atoms. The summed E-state index contributed by atoms with van der Waals surface area (Å²) in [7, 11) is 0. The van der Waals surface area contributed by atoms with E-state index in [-0.39, 0.29) is 5.91 Å². The Labute approximate surface area is 113 Å². The summed E-state index contributed by atoms with van der Waals surface area (Å²) in [5, 5.41) is 4.11. The molecule has 0 radical (unpaired) electrons. The Bertz CT molecular complexity index is 243. The predicted molar refractivity (Wildman–Crippen MR) is 78.2 cm³/mol. The van der Waals surface area contributed by atoms with Gasteiger partial charge in [-0.25, -0.2) is 5.01 Å². The molecule has 0 aromatic carbocycles. The van der Waals surface area contributed by atoms with E-state index in [0.717, 1.165) is 51.7 Å². The molecule has 3 nitrogen and oxygen atoms in total. The van der Waals surface area contributed by atoms with E-state index in [1.54, 1.807) is 6.92 Å². The molecule has 0 heterocycles. The van der Waals surface area contributed by atoms with Gasteiger partial charge in [-0.3, -0.25) is 9.80 Å². The monoisotopic (exact) mass is 254 g/mol. The SMILES string of the molecule is C=C(C)C(=O)N(CCC)N(CCCC)CCCC. The molecule has 0 N–H and O–H groups in total. The number of hydrazine groups is 1. The topological polar surface area (TPSA) is 23.6 Å². The number of carbonyl (C=O) groups excluding carboxylic acids is 1. The molecule has 1 amide bonds. The van der Waals surface area contributed by atoms with Crippen LogP contribution in [0.25, 0.3) is 0 Å². The van der Waals surface area contributed by atoms with Crippen LogP contribution in [-0.2, 0) is 4.79 Å². The minimum absolute atomic E-state index is 0.0732. The molecule has 0 aromatic rings. The Balaban J connectivity index is 4.70. The van der Waals surface area contributed by atoms with Gasteiger partial charge >= 0.3 is 0 Å². The summed E-state index contributed by atoms with van der Waals surface area (Å²) in [6.45, 7) is 14.8. The molecule has 0 rings (SSSR count). The second-order valence-corrected chi connectivity index (χ2v) is 4.87. The average molecular weight is 254 g/mol. The molecule has 0 saturated heterocycles. The Morgan fingerprint density at radius 2 is 1.44 bits per heavy atom. The molecule has 106 valence electrons. The molecule has 0 aliphatic carbocycles. The normalized spacial score (nSPS) is 10.7. The molecule has 0 bridgehead atoms. The lowest BCUT2D eigenvalue weighted by Crippen LogP contribution is -2.48. The first-order chi connectivity index (χ1) is 8.58. The summed E-state index contributed by atoms with van der Waals surface area (Å²) >= 11 is 0. The second kappa shape index (κ2) is 10.1. The number of hydrogen-bond acceptors (Lipinski definition) is 2. The van der Waals surface area contributed by atoms with Crippen LogP contribution in [0.15, 0.2) is 12.2 Å². The highest BCUT2D eigenvalue weighted by Gasteiger charge is 2.20. The van der Waals surface area contributed by atoms with Gasteiger partial charge in [0.1, 0.15) is 0 Å². The van der Waals surface area contributed by atoms with Gasteiger partial charge in [0.2, 0.25) is 0 Å². The van der Waals surface area contributed by atoms with E-state index in [9.17, 15) is 4.79 Å². The van der Waals surface area contributed by atoms with Gasteiger partial charge < -0.3 is 0 Å². The Kier molecular flexibility index (Phi) is 9.66. The summed E-state index contributed by atoms with van der Waals surface area (Å²) in [4.78, 5) is 12.2. The van der Waals surface area contributed by atoms with Crippen molar-refractivity contribution >= 4 is 5.91 Å². The Hall–Kier alpha value is -0.830. The number of amides is 1. The van der Waals surface area contributed by atoms with E-state index in [1.807, 2.05) is 5.01 Å². The molecule has 18 heavy (non-hydrogen) atoms. The van der Waals surface area contributed by atoms with Crippen molar-refractivity contribution in [1.29, 1.82) is 0 Å². The smallest absolute Gasteiger partial charge is 0.263 e. The molecule has 3 heteroatoms. The molecular formula is C15H30N2O. The summed E-state index contributed by atoms with van der Waals surface area (Å²) in [6, 6.07) is 0. The molecule has 0 aliphatic rings. The molecule has 0 atom stereocenters. The van der Waals surface area contributed by atoms with Crippen molar-refractivity contribution in [3.05, 3.63) is 12.2 Å². The summed E-state index contributed by atoms with van der Waals surface area (Å²) in [5.74, 6) is 0.0732. The fraction of sp³-hybridized carbons (Fsp3) is 0.800. The summed E-state index contributed by atoms with van der Waals surface area (Å²) in [5.41, 5.74) is 0.626. The Morgan fingerprint density at radius 3 is 1.78 bits per heavy atom. The average Bonchev–Trinajstić information content (AvgIpc) is 2.36. The molecular weight excluding hydrogens is 224 g/mol. The number of rotatable bonds is 10. The zero-order valence-corrected chi connectivity index (χ0v) is 12.7. The predicted octanol–water partition coefficient (Wildman–Crippen LogP) is 3.62. The zero-order valence-electron chi connectivity index (χ0n) is 12.7. The maximum Gasteiger partial charge on any atom is 0.263 e. The van der Waals surface area contributed by atoms with Crippen LogP contribution in [0, 0.1) is 0 Å². The van der Waals surface area contributed by atoms with Gasteiger partial charge in [-0.1, -0.05) is 40.2 Å². The van der Waals surface area contributed by atoms with E-state index in [4.69, 9.17) is 0 Å². The van der Waals surface area contributed by atoms with Gasteiger partial charge in [-0.05, 0) is 26.2 Å². The lowest BCUT2D eigenvalue weighted by atomic mass is 10.2. The van der Waals surface area contributed by atoms with Crippen molar-refractivity contribution in [3.8, 4) is 0 Å². The van der Waals surface area contributed by atoms with Crippen LogP contribution in [0.1, 0.15) is 59.8 Å². The van der Waals surface area contributed by atoms with Crippen LogP contribution in [0.5, 0.6) is 0 Å². The van der Waals surface area contributed by atoms with Crippen molar-refractivity contribution in [3.63, 3.8) is 0 Å². The molecule has 0 fully saturated rings. The highest BCUT2D eigenvalue weighted by molar-refractivity contribution is 5.91. The van der Waals surface area contributed by atoms with Crippen LogP contribution in [0.2, 0.25) is 0 Å². The maximum absolute atomic E-state index is 12.2. The number of carbonyl (C=O) groups is 1. The quantitative estimate of drug-likeness (QED) is 0.439. The molecule has 0 aromatic heterocycles. The van der Waals surface area contributed by atoms with Gasteiger partial charge in [-0.15, -0.1) is 0 Å². The number of hydrogen-bond donors (Lipinski definition) is 0. The third-order valence-electron chi connectivity index (χ3n) is 2.92. The minimum atomic E-state index is 0.0732. The van der Waals surface area contributed by atoms with Gasteiger partial charge in [0.25, 0.3) is 5.91 Å². The van der Waals surface area contributed by atoms with Gasteiger partial charge in [0.05, 0.1) is 0 Å². The number of unbranched alkanes of at least 4 members (excludes halogenated alkanes) is 2. The van der Waals surface area contributed by atoms with Crippen molar-refractivity contribution in [2.45, 2.75) is 59.8 Å². The van der Waals surface area contributed by atoms with E-state index in [1.165, 1.54) is 0 Å². The van der Waals surface area contributed by atoms with Crippen LogP contribution < -0.4 is 0 Å². The largest absolute Gasteiger partial charge is 0.272 e. The molecule has 0 unspecified atom stereocenters. The van der Waals surface area contributed by atoms with E-state index >= 15 is 0 Å². The maximum atomic E-state index is 12.2. The number of nitrogens with zero attached hydrogens (tertiary/aromatic N) is 2. The first-order valence-corrected chi connectivity index (χ1v) is 7.30. The standard InChI is InChI=1S/C15H30N2O/c1-6-9-12-16(13-10-7-2)17(11-8-3)15(18)14(4)5/h4,6-13H2,1-3,5H3. The van der Waals surface area contributed by atoms with Crippen LogP contribution >= 0.6 is 0 Å².